The quantitative estimate of drug-likeness (QED) is 0.907. The van der Waals surface area contributed by atoms with Gasteiger partial charge in [-0.3, -0.25) is 0 Å². The number of nitrogens with zero attached hydrogens (tertiary/aromatic N) is 2. The van der Waals surface area contributed by atoms with Gasteiger partial charge in [0.05, 0.1) is 11.5 Å². The van der Waals surface area contributed by atoms with Crippen LogP contribution in [0.1, 0.15) is 24.0 Å². The smallest absolute Gasteiger partial charge is 0.243 e. The second kappa shape index (κ2) is 6.44. The van der Waals surface area contributed by atoms with E-state index in [0.717, 1.165) is 31.5 Å². The van der Waals surface area contributed by atoms with E-state index in [2.05, 4.69) is 11.9 Å². The molecule has 6 heteroatoms. The van der Waals surface area contributed by atoms with Gasteiger partial charge < -0.3 is 10.0 Å². The Morgan fingerprint density at radius 3 is 2.52 bits per heavy atom. The highest BCUT2D eigenvalue weighted by Gasteiger charge is 2.30. The van der Waals surface area contributed by atoms with E-state index < -0.39 is 10.0 Å². The molecule has 118 valence electrons. The Morgan fingerprint density at radius 2 is 1.95 bits per heavy atom. The van der Waals surface area contributed by atoms with Gasteiger partial charge in [-0.25, -0.2) is 8.42 Å². The van der Waals surface area contributed by atoms with Crippen LogP contribution in [0.4, 0.5) is 0 Å². The fourth-order valence-corrected chi connectivity index (χ4v) is 4.17. The number of aryl methyl sites for hydroxylation is 1. The SMILES string of the molecule is Cc1ccc(S(=O)(=O)N(C)C2CCN(C)CC2)cc1CO. The van der Waals surface area contributed by atoms with Crippen LogP contribution >= 0.6 is 0 Å². The average molecular weight is 312 g/mol. The monoisotopic (exact) mass is 312 g/mol. The molecule has 1 aromatic rings. The molecular formula is C15H24N2O3S. The third-order valence-electron chi connectivity index (χ3n) is 4.37. The van der Waals surface area contributed by atoms with Gasteiger partial charge >= 0.3 is 0 Å². The number of likely N-dealkylation sites (tertiary alicyclic amines) is 1. The first-order chi connectivity index (χ1) is 9.86. The van der Waals surface area contributed by atoms with Gasteiger partial charge in [0, 0.05) is 13.1 Å². The first-order valence-electron chi connectivity index (χ1n) is 7.23. The van der Waals surface area contributed by atoms with E-state index in [9.17, 15) is 13.5 Å². The summed E-state index contributed by atoms with van der Waals surface area (Å²) in [6, 6.07) is 5.00. The van der Waals surface area contributed by atoms with Gasteiger partial charge in [0.25, 0.3) is 0 Å². The number of sulfonamides is 1. The standard InChI is InChI=1S/C15H24N2O3S/c1-12-4-5-15(10-13(12)11-18)21(19,20)17(3)14-6-8-16(2)9-7-14/h4-5,10,14,18H,6-9,11H2,1-3H3. The van der Waals surface area contributed by atoms with Crippen LogP contribution in [0.15, 0.2) is 23.1 Å². The molecule has 1 N–H and O–H groups in total. The molecule has 1 heterocycles. The summed E-state index contributed by atoms with van der Waals surface area (Å²) in [5.74, 6) is 0. The fraction of sp³-hybridized carbons (Fsp3) is 0.600. The molecule has 1 aliphatic rings. The van der Waals surface area contributed by atoms with Crippen molar-refractivity contribution in [2.45, 2.75) is 37.3 Å². The molecule has 1 fully saturated rings. The van der Waals surface area contributed by atoms with E-state index in [0.29, 0.717) is 5.56 Å². The van der Waals surface area contributed by atoms with E-state index in [-0.39, 0.29) is 17.5 Å². The van der Waals surface area contributed by atoms with Crippen molar-refractivity contribution in [1.29, 1.82) is 0 Å². The van der Waals surface area contributed by atoms with Crippen LogP contribution in [-0.2, 0) is 16.6 Å². The highest BCUT2D eigenvalue weighted by molar-refractivity contribution is 7.89. The molecule has 21 heavy (non-hydrogen) atoms. The lowest BCUT2D eigenvalue weighted by molar-refractivity contribution is 0.197. The minimum absolute atomic E-state index is 0.0464. The molecule has 0 aliphatic carbocycles. The molecule has 2 rings (SSSR count). The highest BCUT2D eigenvalue weighted by Crippen LogP contribution is 2.24. The number of hydrogen-bond acceptors (Lipinski definition) is 4. The Balaban J connectivity index is 2.24. The van der Waals surface area contributed by atoms with Crippen molar-refractivity contribution in [3.05, 3.63) is 29.3 Å². The van der Waals surface area contributed by atoms with Gasteiger partial charge in [-0.1, -0.05) is 6.07 Å². The molecule has 0 bridgehead atoms. The van der Waals surface area contributed by atoms with Crippen molar-refractivity contribution in [2.75, 3.05) is 27.2 Å². The van der Waals surface area contributed by atoms with Crippen LogP contribution in [0.25, 0.3) is 0 Å². The minimum Gasteiger partial charge on any atom is -0.392 e. The number of rotatable bonds is 4. The van der Waals surface area contributed by atoms with E-state index in [1.807, 2.05) is 6.92 Å². The van der Waals surface area contributed by atoms with Crippen LogP contribution < -0.4 is 0 Å². The normalized spacial score (nSPS) is 18.3. The third-order valence-corrected chi connectivity index (χ3v) is 6.28. The zero-order valence-electron chi connectivity index (χ0n) is 12.9. The molecule has 1 aliphatic heterocycles. The van der Waals surface area contributed by atoms with E-state index in [1.165, 1.54) is 4.31 Å². The average Bonchev–Trinajstić information content (AvgIpc) is 2.47. The predicted molar refractivity (Wildman–Crippen MR) is 82.6 cm³/mol. The van der Waals surface area contributed by atoms with E-state index in [1.54, 1.807) is 25.2 Å². The van der Waals surface area contributed by atoms with E-state index >= 15 is 0 Å². The van der Waals surface area contributed by atoms with Crippen molar-refractivity contribution >= 4 is 10.0 Å². The molecule has 0 radical (unpaired) electrons. The molecule has 5 nitrogen and oxygen atoms in total. The van der Waals surface area contributed by atoms with Gasteiger partial charge in [-0.05, 0) is 63.2 Å². The summed E-state index contributed by atoms with van der Waals surface area (Å²) >= 11 is 0. The fourth-order valence-electron chi connectivity index (χ4n) is 2.70. The summed E-state index contributed by atoms with van der Waals surface area (Å²) in [5.41, 5.74) is 1.56. The molecule has 0 unspecified atom stereocenters. The Kier molecular flexibility index (Phi) is 5.03. The lowest BCUT2D eigenvalue weighted by Crippen LogP contribution is -2.44. The van der Waals surface area contributed by atoms with Crippen molar-refractivity contribution < 1.29 is 13.5 Å². The van der Waals surface area contributed by atoms with Gasteiger partial charge in [0.2, 0.25) is 10.0 Å². The Bertz CT molecular complexity index is 593. The van der Waals surface area contributed by atoms with Crippen LogP contribution in [0.5, 0.6) is 0 Å². The molecular weight excluding hydrogens is 288 g/mol. The minimum atomic E-state index is -3.50. The van der Waals surface area contributed by atoms with Crippen LogP contribution in [0, 0.1) is 6.92 Å². The van der Waals surface area contributed by atoms with Crippen LogP contribution in [0.2, 0.25) is 0 Å². The van der Waals surface area contributed by atoms with Crippen molar-refractivity contribution in [1.82, 2.24) is 9.21 Å². The largest absolute Gasteiger partial charge is 0.392 e. The predicted octanol–water partition coefficient (Wildman–Crippen LogP) is 1.20. The Morgan fingerprint density at radius 1 is 1.33 bits per heavy atom. The van der Waals surface area contributed by atoms with Gasteiger partial charge in [0.15, 0.2) is 0 Å². The molecule has 0 saturated carbocycles. The lowest BCUT2D eigenvalue weighted by Gasteiger charge is -2.34. The van der Waals surface area contributed by atoms with Gasteiger partial charge in [-0.2, -0.15) is 4.31 Å². The maximum Gasteiger partial charge on any atom is 0.243 e. The second-order valence-electron chi connectivity index (χ2n) is 5.80. The van der Waals surface area contributed by atoms with Gasteiger partial charge in [-0.15, -0.1) is 0 Å². The second-order valence-corrected chi connectivity index (χ2v) is 7.80. The third kappa shape index (κ3) is 3.45. The number of aliphatic hydroxyl groups excluding tert-OH is 1. The maximum absolute atomic E-state index is 12.7. The lowest BCUT2D eigenvalue weighted by atomic mass is 10.1. The number of piperidine rings is 1. The summed E-state index contributed by atoms with van der Waals surface area (Å²) < 4.78 is 26.9. The molecule has 1 saturated heterocycles. The molecule has 0 spiro atoms. The summed E-state index contributed by atoms with van der Waals surface area (Å²) in [6.45, 7) is 3.55. The molecule has 1 aromatic carbocycles. The zero-order valence-corrected chi connectivity index (χ0v) is 13.7. The van der Waals surface area contributed by atoms with Crippen molar-refractivity contribution in [3.8, 4) is 0 Å². The molecule has 0 atom stereocenters. The van der Waals surface area contributed by atoms with Crippen LogP contribution in [-0.4, -0.2) is 56.0 Å². The Hall–Kier alpha value is -0.950. The highest BCUT2D eigenvalue weighted by atomic mass is 32.2. The Labute approximate surface area is 127 Å². The van der Waals surface area contributed by atoms with E-state index in [4.69, 9.17) is 0 Å². The summed E-state index contributed by atoms with van der Waals surface area (Å²) in [4.78, 5) is 2.48. The first kappa shape index (κ1) is 16.4. The van der Waals surface area contributed by atoms with Crippen molar-refractivity contribution in [2.24, 2.45) is 0 Å². The summed E-state index contributed by atoms with van der Waals surface area (Å²) in [6.07, 6.45) is 1.70. The first-order valence-corrected chi connectivity index (χ1v) is 8.67. The van der Waals surface area contributed by atoms with Gasteiger partial charge in [0.1, 0.15) is 0 Å². The molecule has 0 amide bonds. The number of benzene rings is 1. The maximum atomic E-state index is 12.7. The summed E-state index contributed by atoms with van der Waals surface area (Å²) in [7, 11) is 0.209. The molecule has 0 aromatic heterocycles. The van der Waals surface area contributed by atoms with Crippen LogP contribution in [0.3, 0.4) is 0 Å². The number of hydrogen-bond donors (Lipinski definition) is 1. The van der Waals surface area contributed by atoms with Crippen molar-refractivity contribution in [3.63, 3.8) is 0 Å². The zero-order chi connectivity index (χ0) is 15.6. The summed E-state index contributed by atoms with van der Waals surface area (Å²) in [5, 5.41) is 9.31. The number of aliphatic hydroxyl groups is 1. The topological polar surface area (TPSA) is 60.9 Å².